The van der Waals surface area contributed by atoms with E-state index in [-0.39, 0.29) is 13.5 Å². The van der Waals surface area contributed by atoms with Gasteiger partial charge in [0.05, 0.1) is 12.7 Å². The molecule has 0 amide bonds. The summed E-state index contributed by atoms with van der Waals surface area (Å²) in [6.07, 6.45) is -3.10. The molecule has 3 heteroatoms. The Bertz CT molecular complexity index is 163. The van der Waals surface area contributed by atoms with E-state index in [2.05, 4.69) is 0 Å². The van der Waals surface area contributed by atoms with Crippen LogP contribution in [0.2, 0.25) is 0 Å². The molecule has 11 heavy (non-hydrogen) atoms. The summed E-state index contributed by atoms with van der Waals surface area (Å²) in [7, 11) is 0. The number of alkyl halides is 1. The van der Waals surface area contributed by atoms with Crippen LogP contribution in [0.4, 0.5) is 4.39 Å². The lowest BCUT2D eigenvalue weighted by atomic mass is 9.82. The summed E-state index contributed by atoms with van der Waals surface area (Å²) >= 11 is 0. The van der Waals surface area contributed by atoms with Crippen LogP contribution < -0.4 is 0 Å². The molecule has 1 rings (SSSR count). The van der Waals surface area contributed by atoms with E-state index in [1.54, 1.807) is 13.8 Å². The van der Waals surface area contributed by atoms with Crippen LogP contribution in [0.15, 0.2) is 0 Å². The fourth-order valence-corrected chi connectivity index (χ4v) is 1.15. The smallest absolute Gasteiger partial charge is 0.136 e. The fourth-order valence-electron chi connectivity index (χ4n) is 1.15. The second-order valence-corrected chi connectivity index (χ2v) is 3.73. The molecule has 1 aliphatic rings. The number of hydrogen-bond acceptors (Lipinski definition) is 2. The van der Waals surface area contributed by atoms with Gasteiger partial charge in [-0.05, 0) is 6.90 Å². The molecule has 0 aromatic heterocycles. The van der Waals surface area contributed by atoms with Crippen LogP contribution in [-0.4, -0.2) is 30.1 Å². The molecule has 0 aromatic rings. The van der Waals surface area contributed by atoms with Crippen molar-refractivity contribution in [3.05, 3.63) is 0 Å². The number of rotatable bonds is 0. The second kappa shape index (κ2) is 2.72. The summed E-state index contributed by atoms with van der Waals surface area (Å²) in [4.78, 5) is 0. The number of aliphatic hydroxyl groups is 1. The largest absolute Gasteiger partial charge is 0.387 e. The van der Waals surface area contributed by atoms with Crippen LogP contribution in [0.1, 0.15) is 22.1 Å². The van der Waals surface area contributed by atoms with Crippen molar-refractivity contribution in [2.75, 3.05) is 6.61 Å². The predicted molar refractivity (Wildman–Crippen MR) is 40.1 cm³/mol. The molecule has 1 saturated heterocycles. The lowest BCUT2D eigenvalue weighted by molar-refractivity contribution is -0.161. The molecule has 1 unspecified atom stereocenters. The van der Waals surface area contributed by atoms with E-state index in [0.29, 0.717) is 0 Å². The molecule has 1 N–H and O–H groups in total. The topological polar surface area (TPSA) is 29.5 Å². The highest BCUT2D eigenvalue weighted by atomic mass is 19.1. The maximum absolute atomic E-state index is 13.4. The molecule has 0 radical (unpaired) electrons. The summed E-state index contributed by atoms with van der Waals surface area (Å²) in [5.41, 5.74) is -0.634. The number of hydrogen-bond donors (Lipinski definition) is 1. The van der Waals surface area contributed by atoms with Crippen LogP contribution in [0.3, 0.4) is 0 Å². The van der Waals surface area contributed by atoms with Gasteiger partial charge in [-0.1, -0.05) is 13.8 Å². The van der Waals surface area contributed by atoms with Gasteiger partial charge in [-0.25, -0.2) is 4.39 Å². The summed E-state index contributed by atoms with van der Waals surface area (Å²) < 4.78 is 25.5. The molecular formula is C8H15FO2. The van der Waals surface area contributed by atoms with Gasteiger partial charge >= 0.3 is 0 Å². The maximum Gasteiger partial charge on any atom is 0.136 e. The first-order chi connectivity index (χ1) is 5.49. The molecule has 0 saturated carbocycles. The van der Waals surface area contributed by atoms with Crippen LogP contribution in [-0.2, 0) is 4.74 Å². The lowest BCUT2D eigenvalue weighted by Gasteiger charge is -2.39. The molecule has 0 spiro atoms. The van der Waals surface area contributed by atoms with Gasteiger partial charge < -0.3 is 9.84 Å². The minimum Gasteiger partial charge on any atom is -0.387 e. The number of ether oxygens (including phenoxy) is 1. The zero-order valence-corrected chi connectivity index (χ0v) is 6.88. The van der Waals surface area contributed by atoms with Crippen LogP contribution >= 0.6 is 0 Å². The van der Waals surface area contributed by atoms with E-state index in [4.69, 9.17) is 6.11 Å². The Labute approximate surface area is 67.8 Å². The SMILES string of the molecule is [2H]C[C@H]1OCC(C)(C)[C@H](F)C1O. The predicted octanol–water partition coefficient (Wildman–Crippen LogP) is 1.13. The third kappa shape index (κ3) is 1.54. The standard InChI is InChI=1S/C8H15FO2/c1-5-6(10)7(9)8(2,3)4-11-5/h5-7,10H,4H2,1-3H3/t5-,6?,7-/m1/s1/i1D. The Hall–Kier alpha value is -0.150. The molecule has 2 nitrogen and oxygen atoms in total. The fraction of sp³-hybridized carbons (Fsp3) is 1.00. The van der Waals surface area contributed by atoms with E-state index < -0.39 is 23.8 Å². The third-order valence-electron chi connectivity index (χ3n) is 2.10. The molecular weight excluding hydrogens is 147 g/mol. The Morgan fingerprint density at radius 3 is 2.91 bits per heavy atom. The summed E-state index contributed by atoms with van der Waals surface area (Å²) in [5.74, 6) is 0. The normalized spacial score (nSPS) is 45.1. The lowest BCUT2D eigenvalue weighted by Crippen LogP contribution is -2.51. The summed E-state index contributed by atoms with van der Waals surface area (Å²) in [6.45, 7) is 3.61. The van der Waals surface area contributed by atoms with E-state index in [1.807, 2.05) is 0 Å². The van der Waals surface area contributed by atoms with E-state index in [0.717, 1.165) is 0 Å². The monoisotopic (exact) mass is 163 g/mol. The van der Waals surface area contributed by atoms with Crippen LogP contribution in [0.25, 0.3) is 0 Å². The van der Waals surface area contributed by atoms with Gasteiger partial charge in [0.2, 0.25) is 0 Å². The average molecular weight is 163 g/mol. The second-order valence-electron chi connectivity index (χ2n) is 3.73. The molecule has 1 heterocycles. The molecule has 0 aromatic carbocycles. The molecule has 3 atom stereocenters. The highest BCUT2D eigenvalue weighted by Gasteiger charge is 2.42. The van der Waals surface area contributed by atoms with E-state index >= 15 is 0 Å². The van der Waals surface area contributed by atoms with Crippen LogP contribution in [0, 0.1) is 5.41 Å². The molecule has 0 bridgehead atoms. The Morgan fingerprint density at radius 2 is 2.36 bits per heavy atom. The van der Waals surface area contributed by atoms with E-state index in [9.17, 15) is 9.50 Å². The van der Waals surface area contributed by atoms with Gasteiger partial charge in [0.1, 0.15) is 12.3 Å². The van der Waals surface area contributed by atoms with E-state index in [1.165, 1.54) is 0 Å². The Morgan fingerprint density at radius 1 is 1.73 bits per heavy atom. The highest BCUT2D eigenvalue weighted by Crippen LogP contribution is 2.32. The minimum absolute atomic E-state index is 0.0856. The van der Waals surface area contributed by atoms with Crippen molar-refractivity contribution in [1.82, 2.24) is 0 Å². The molecule has 66 valence electrons. The first kappa shape index (κ1) is 7.50. The Kier molecular flexibility index (Phi) is 1.85. The van der Waals surface area contributed by atoms with Gasteiger partial charge in [0, 0.05) is 6.79 Å². The quantitative estimate of drug-likeness (QED) is 0.580. The first-order valence-electron chi connectivity index (χ1n) is 4.43. The van der Waals surface area contributed by atoms with Crippen molar-refractivity contribution in [3.63, 3.8) is 0 Å². The van der Waals surface area contributed by atoms with Gasteiger partial charge in [0.15, 0.2) is 0 Å². The number of aliphatic hydroxyl groups excluding tert-OH is 1. The third-order valence-corrected chi connectivity index (χ3v) is 2.10. The Balaban J connectivity index is 2.65. The summed E-state index contributed by atoms with van der Waals surface area (Å²) in [6, 6.07) is 0. The van der Waals surface area contributed by atoms with Crippen molar-refractivity contribution < 1.29 is 15.6 Å². The highest BCUT2D eigenvalue weighted by molar-refractivity contribution is 4.90. The van der Waals surface area contributed by atoms with Gasteiger partial charge in [-0.2, -0.15) is 0 Å². The van der Waals surface area contributed by atoms with Crippen molar-refractivity contribution in [2.45, 2.75) is 39.1 Å². The zero-order valence-electron chi connectivity index (χ0n) is 7.88. The van der Waals surface area contributed by atoms with Crippen molar-refractivity contribution >= 4 is 0 Å². The van der Waals surface area contributed by atoms with Gasteiger partial charge in [-0.15, -0.1) is 0 Å². The molecule has 1 aliphatic heterocycles. The maximum atomic E-state index is 13.4. The first-order valence-corrected chi connectivity index (χ1v) is 3.72. The van der Waals surface area contributed by atoms with Crippen LogP contribution in [0.5, 0.6) is 0 Å². The van der Waals surface area contributed by atoms with Crippen molar-refractivity contribution in [2.24, 2.45) is 5.41 Å². The van der Waals surface area contributed by atoms with Crippen molar-refractivity contribution in [1.29, 1.82) is 0 Å². The average Bonchev–Trinajstić information content (AvgIpc) is 2.01. The van der Waals surface area contributed by atoms with Gasteiger partial charge in [0.25, 0.3) is 0 Å². The summed E-state index contributed by atoms with van der Waals surface area (Å²) in [5, 5.41) is 9.35. The number of halogens is 1. The van der Waals surface area contributed by atoms with Gasteiger partial charge in [-0.3, -0.25) is 0 Å². The molecule has 0 aliphatic carbocycles. The molecule has 1 fully saturated rings. The van der Waals surface area contributed by atoms with Crippen molar-refractivity contribution in [3.8, 4) is 0 Å². The minimum atomic E-state index is -1.29. The zero-order chi connectivity index (χ0) is 9.35.